The van der Waals surface area contributed by atoms with E-state index in [1.807, 2.05) is 0 Å². The van der Waals surface area contributed by atoms with Gasteiger partial charge in [0.2, 0.25) is 0 Å². The summed E-state index contributed by atoms with van der Waals surface area (Å²) in [6.07, 6.45) is 4.32. The van der Waals surface area contributed by atoms with E-state index in [0.29, 0.717) is 12.1 Å². The van der Waals surface area contributed by atoms with Crippen LogP contribution in [0.4, 0.5) is 0 Å². The van der Waals surface area contributed by atoms with Crippen LogP contribution in [0, 0.1) is 0 Å². The molecule has 1 aromatic heterocycles. The van der Waals surface area contributed by atoms with Crippen LogP contribution in [0.1, 0.15) is 23.7 Å². The number of nitrogens with one attached hydrogen (secondary N) is 2. The first-order valence-corrected chi connectivity index (χ1v) is 5.23. The minimum atomic E-state index is -0.0681. The van der Waals surface area contributed by atoms with Crippen molar-refractivity contribution in [3.05, 3.63) is 30.1 Å². The molecule has 82 valence electrons. The summed E-state index contributed by atoms with van der Waals surface area (Å²) in [7, 11) is 0. The Morgan fingerprint density at radius 1 is 1.40 bits per heavy atom. The van der Waals surface area contributed by atoms with E-state index in [0.717, 1.165) is 19.5 Å². The number of rotatable bonds is 6. The smallest absolute Gasteiger partial charge is 0.252 e. The van der Waals surface area contributed by atoms with Crippen molar-refractivity contribution in [2.45, 2.75) is 13.3 Å². The summed E-state index contributed by atoms with van der Waals surface area (Å²) in [6, 6.07) is 3.51. The number of amides is 1. The maximum atomic E-state index is 11.5. The molecule has 0 aliphatic carbocycles. The number of hydrogen-bond acceptors (Lipinski definition) is 3. The summed E-state index contributed by atoms with van der Waals surface area (Å²) in [6.45, 7) is 4.55. The Balaban J connectivity index is 2.20. The Hall–Kier alpha value is -1.42. The lowest BCUT2D eigenvalue weighted by Gasteiger charge is -2.05. The van der Waals surface area contributed by atoms with Gasteiger partial charge in [-0.25, -0.2) is 0 Å². The summed E-state index contributed by atoms with van der Waals surface area (Å²) in [4.78, 5) is 15.4. The molecule has 1 amide bonds. The number of pyridine rings is 1. The Morgan fingerprint density at radius 3 is 2.93 bits per heavy atom. The topological polar surface area (TPSA) is 54.0 Å². The van der Waals surface area contributed by atoms with E-state index < -0.39 is 0 Å². The third-order valence-corrected chi connectivity index (χ3v) is 1.94. The van der Waals surface area contributed by atoms with E-state index in [1.165, 1.54) is 0 Å². The average Bonchev–Trinajstić information content (AvgIpc) is 2.30. The highest BCUT2D eigenvalue weighted by Crippen LogP contribution is 1.93. The Kier molecular flexibility index (Phi) is 5.40. The van der Waals surface area contributed by atoms with E-state index in [1.54, 1.807) is 24.5 Å². The molecular weight excluding hydrogens is 190 g/mol. The van der Waals surface area contributed by atoms with E-state index in [9.17, 15) is 4.79 Å². The van der Waals surface area contributed by atoms with Crippen molar-refractivity contribution in [1.29, 1.82) is 0 Å². The number of carbonyl (C=O) groups excluding carboxylic acids is 1. The summed E-state index contributed by atoms with van der Waals surface area (Å²) in [5.41, 5.74) is 0.605. The molecule has 4 nitrogen and oxygen atoms in total. The highest BCUT2D eigenvalue weighted by Gasteiger charge is 2.02. The minimum Gasteiger partial charge on any atom is -0.351 e. The number of hydrogen-bond donors (Lipinski definition) is 2. The largest absolute Gasteiger partial charge is 0.351 e. The third kappa shape index (κ3) is 4.56. The van der Waals surface area contributed by atoms with Crippen LogP contribution in [0.2, 0.25) is 0 Å². The molecule has 4 heteroatoms. The molecule has 1 aromatic rings. The molecule has 0 aliphatic heterocycles. The Morgan fingerprint density at radius 2 is 2.27 bits per heavy atom. The van der Waals surface area contributed by atoms with Crippen molar-refractivity contribution < 1.29 is 4.79 Å². The van der Waals surface area contributed by atoms with E-state index in [4.69, 9.17) is 0 Å². The van der Waals surface area contributed by atoms with Gasteiger partial charge in [-0.15, -0.1) is 0 Å². The molecule has 0 atom stereocenters. The molecule has 15 heavy (non-hydrogen) atoms. The summed E-state index contributed by atoms with van der Waals surface area (Å²) in [5.74, 6) is -0.0681. The maximum absolute atomic E-state index is 11.5. The van der Waals surface area contributed by atoms with Gasteiger partial charge >= 0.3 is 0 Å². The monoisotopic (exact) mass is 207 g/mol. The molecule has 0 bridgehead atoms. The van der Waals surface area contributed by atoms with Crippen molar-refractivity contribution in [2.24, 2.45) is 0 Å². The van der Waals surface area contributed by atoms with Crippen molar-refractivity contribution >= 4 is 5.91 Å². The molecular formula is C11H17N3O. The summed E-state index contributed by atoms with van der Waals surface area (Å²) in [5, 5.41) is 6.03. The fourth-order valence-electron chi connectivity index (χ4n) is 1.17. The van der Waals surface area contributed by atoms with Crippen LogP contribution in [0.25, 0.3) is 0 Å². The van der Waals surface area contributed by atoms with Crippen LogP contribution in [0.3, 0.4) is 0 Å². The van der Waals surface area contributed by atoms with E-state index >= 15 is 0 Å². The minimum absolute atomic E-state index is 0.0681. The first-order chi connectivity index (χ1) is 7.34. The standard InChI is InChI=1S/C11H17N3O/c1-2-5-12-7-8-14-11(15)10-4-3-6-13-9-10/h3-4,6,9,12H,2,5,7-8H2,1H3,(H,14,15). The average molecular weight is 207 g/mol. The van der Waals surface area contributed by atoms with E-state index in [-0.39, 0.29) is 5.91 Å². The van der Waals surface area contributed by atoms with Crippen LogP contribution in [0.15, 0.2) is 24.5 Å². The second-order valence-corrected chi connectivity index (χ2v) is 3.25. The summed E-state index contributed by atoms with van der Waals surface area (Å²) >= 11 is 0. The lowest BCUT2D eigenvalue weighted by Crippen LogP contribution is -2.32. The van der Waals surface area contributed by atoms with Gasteiger partial charge in [0.25, 0.3) is 5.91 Å². The van der Waals surface area contributed by atoms with Crippen LogP contribution in [-0.4, -0.2) is 30.5 Å². The Bertz CT molecular complexity index is 287. The molecule has 0 spiro atoms. The quantitative estimate of drug-likeness (QED) is 0.679. The van der Waals surface area contributed by atoms with Gasteiger partial charge in [0, 0.05) is 25.5 Å². The maximum Gasteiger partial charge on any atom is 0.252 e. The van der Waals surface area contributed by atoms with Gasteiger partial charge in [0.05, 0.1) is 5.56 Å². The third-order valence-electron chi connectivity index (χ3n) is 1.94. The molecule has 1 rings (SSSR count). The van der Waals surface area contributed by atoms with E-state index in [2.05, 4.69) is 22.5 Å². The van der Waals surface area contributed by atoms with Crippen LogP contribution in [-0.2, 0) is 0 Å². The second kappa shape index (κ2) is 6.95. The fourth-order valence-corrected chi connectivity index (χ4v) is 1.17. The van der Waals surface area contributed by atoms with Gasteiger partial charge < -0.3 is 10.6 Å². The Labute approximate surface area is 90.1 Å². The molecule has 0 saturated heterocycles. The molecule has 0 saturated carbocycles. The SMILES string of the molecule is CCCNCCNC(=O)c1cccnc1. The first kappa shape index (κ1) is 11.7. The van der Waals surface area contributed by atoms with Gasteiger partial charge in [-0.05, 0) is 25.1 Å². The second-order valence-electron chi connectivity index (χ2n) is 3.25. The number of nitrogens with zero attached hydrogens (tertiary/aromatic N) is 1. The molecule has 0 fully saturated rings. The molecule has 0 radical (unpaired) electrons. The van der Waals surface area contributed by atoms with Crippen molar-refractivity contribution in [3.8, 4) is 0 Å². The van der Waals surface area contributed by atoms with Crippen LogP contribution in [0.5, 0.6) is 0 Å². The zero-order chi connectivity index (χ0) is 10.9. The molecule has 0 aliphatic rings. The van der Waals surface area contributed by atoms with Crippen molar-refractivity contribution in [1.82, 2.24) is 15.6 Å². The molecule has 0 unspecified atom stereocenters. The predicted octanol–water partition coefficient (Wildman–Crippen LogP) is 0.811. The molecule has 2 N–H and O–H groups in total. The normalized spacial score (nSPS) is 9.93. The van der Waals surface area contributed by atoms with Crippen molar-refractivity contribution in [3.63, 3.8) is 0 Å². The van der Waals surface area contributed by atoms with Gasteiger partial charge in [0.15, 0.2) is 0 Å². The number of aromatic nitrogens is 1. The zero-order valence-corrected chi connectivity index (χ0v) is 8.99. The predicted molar refractivity (Wildman–Crippen MR) is 59.7 cm³/mol. The highest BCUT2D eigenvalue weighted by molar-refractivity contribution is 5.93. The lowest BCUT2D eigenvalue weighted by molar-refractivity contribution is 0.0953. The zero-order valence-electron chi connectivity index (χ0n) is 8.99. The molecule has 0 aromatic carbocycles. The van der Waals surface area contributed by atoms with Crippen LogP contribution >= 0.6 is 0 Å². The van der Waals surface area contributed by atoms with Crippen molar-refractivity contribution in [2.75, 3.05) is 19.6 Å². The highest BCUT2D eigenvalue weighted by atomic mass is 16.1. The first-order valence-electron chi connectivity index (χ1n) is 5.23. The van der Waals surface area contributed by atoms with Gasteiger partial charge in [-0.2, -0.15) is 0 Å². The summed E-state index contributed by atoms with van der Waals surface area (Å²) < 4.78 is 0. The fraction of sp³-hybridized carbons (Fsp3) is 0.455. The van der Waals surface area contributed by atoms with Crippen LogP contribution < -0.4 is 10.6 Å². The number of carbonyl (C=O) groups is 1. The van der Waals surface area contributed by atoms with Gasteiger partial charge in [-0.3, -0.25) is 9.78 Å². The van der Waals surface area contributed by atoms with Gasteiger partial charge in [-0.1, -0.05) is 6.92 Å². The van der Waals surface area contributed by atoms with Gasteiger partial charge in [0.1, 0.15) is 0 Å². The molecule has 1 heterocycles. The lowest BCUT2D eigenvalue weighted by atomic mass is 10.3.